The van der Waals surface area contributed by atoms with E-state index in [4.69, 9.17) is 5.73 Å². The number of amides is 1. The van der Waals surface area contributed by atoms with Crippen molar-refractivity contribution in [1.82, 2.24) is 14.8 Å². The zero-order valence-corrected chi connectivity index (χ0v) is 11.2. The van der Waals surface area contributed by atoms with Crippen molar-refractivity contribution in [3.63, 3.8) is 0 Å². The zero-order chi connectivity index (χ0) is 13.8. The van der Waals surface area contributed by atoms with Crippen molar-refractivity contribution < 1.29 is 4.79 Å². The number of hydrogen-bond acceptors (Lipinski definition) is 3. The third-order valence-corrected chi connectivity index (χ3v) is 2.87. The molecule has 6 nitrogen and oxygen atoms in total. The smallest absolute Gasteiger partial charge is 0.273 e. The molecule has 1 amide bonds. The summed E-state index contributed by atoms with van der Waals surface area (Å²) >= 11 is 0. The Hall–Kier alpha value is -2.24. The highest BCUT2D eigenvalue weighted by Crippen LogP contribution is 2.14. The van der Waals surface area contributed by atoms with Gasteiger partial charge in [0.25, 0.3) is 5.91 Å². The summed E-state index contributed by atoms with van der Waals surface area (Å²) in [4.78, 5) is 12.2. The van der Waals surface area contributed by atoms with E-state index in [9.17, 15) is 4.79 Å². The Balaban J connectivity index is 2.15. The molecule has 0 bridgehead atoms. The summed E-state index contributed by atoms with van der Waals surface area (Å²) in [6, 6.07) is 3.51. The van der Waals surface area contributed by atoms with E-state index in [1.54, 1.807) is 12.3 Å². The molecular weight excluding hydrogens is 242 g/mol. The van der Waals surface area contributed by atoms with Gasteiger partial charge < -0.3 is 15.6 Å². The molecule has 0 aromatic carbocycles. The molecule has 2 rings (SSSR count). The molecule has 0 fully saturated rings. The normalized spacial score (nSPS) is 10.6. The number of carbonyl (C=O) groups is 1. The molecule has 2 aromatic heterocycles. The number of carbonyl (C=O) groups excluding carboxylic acids is 1. The third-order valence-electron chi connectivity index (χ3n) is 2.87. The van der Waals surface area contributed by atoms with Crippen LogP contribution >= 0.6 is 0 Å². The maximum atomic E-state index is 12.2. The van der Waals surface area contributed by atoms with Crippen LogP contribution in [0.5, 0.6) is 0 Å². The van der Waals surface area contributed by atoms with Gasteiger partial charge in [-0.1, -0.05) is 13.8 Å². The first-order valence-electron chi connectivity index (χ1n) is 6.45. The Morgan fingerprint density at radius 2 is 2.26 bits per heavy atom. The van der Waals surface area contributed by atoms with Crippen LogP contribution in [0.4, 0.5) is 11.5 Å². The molecule has 6 heteroatoms. The van der Waals surface area contributed by atoms with Crippen LogP contribution in [0.1, 0.15) is 36.5 Å². The van der Waals surface area contributed by atoms with E-state index < -0.39 is 0 Å². The second-order valence-corrected chi connectivity index (χ2v) is 4.44. The molecule has 0 spiro atoms. The molecule has 0 saturated heterocycles. The second-order valence-electron chi connectivity index (χ2n) is 4.44. The number of aromatic amines is 1. The van der Waals surface area contributed by atoms with E-state index in [1.807, 2.05) is 17.6 Å². The summed E-state index contributed by atoms with van der Waals surface area (Å²) in [6.07, 6.45) is 3.57. The molecule has 0 aliphatic heterocycles. The van der Waals surface area contributed by atoms with Crippen molar-refractivity contribution in [3.05, 3.63) is 29.7 Å². The minimum atomic E-state index is -0.195. The summed E-state index contributed by atoms with van der Waals surface area (Å²) in [5, 5.41) is 9.67. The van der Waals surface area contributed by atoms with Crippen LogP contribution < -0.4 is 11.1 Å². The van der Waals surface area contributed by atoms with Crippen molar-refractivity contribution in [1.29, 1.82) is 0 Å². The van der Waals surface area contributed by atoms with Crippen molar-refractivity contribution in [3.8, 4) is 0 Å². The standard InChI is InChI=1S/C13H19N5O/c1-3-5-18-8-9(14)6-11(18)13(19)15-12-7-10(4-2)16-17-12/h6-8H,3-5,14H2,1-2H3,(H2,15,16,17,19). The summed E-state index contributed by atoms with van der Waals surface area (Å²) in [7, 11) is 0. The van der Waals surface area contributed by atoms with Gasteiger partial charge in [-0.25, -0.2) is 0 Å². The fourth-order valence-corrected chi connectivity index (χ4v) is 1.94. The first kappa shape index (κ1) is 13.2. The number of nitrogens with zero attached hydrogens (tertiary/aromatic N) is 2. The van der Waals surface area contributed by atoms with Crippen LogP contribution in [0, 0.1) is 0 Å². The number of hydrogen-bond donors (Lipinski definition) is 3. The Morgan fingerprint density at radius 1 is 1.47 bits per heavy atom. The summed E-state index contributed by atoms with van der Waals surface area (Å²) in [5.74, 6) is 0.337. The van der Waals surface area contributed by atoms with Crippen LogP contribution in [0.3, 0.4) is 0 Å². The van der Waals surface area contributed by atoms with Crippen LogP contribution in [-0.4, -0.2) is 20.7 Å². The molecule has 0 aliphatic carbocycles. The number of nitrogens with two attached hydrogens (primary N) is 1. The minimum absolute atomic E-state index is 0.195. The van der Waals surface area contributed by atoms with E-state index in [0.717, 1.165) is 25.1 Å². The van der Waals surface area contributed by atoms with Gasteiger partial charge in [0.05, 0.1) is 5.69 Å². The van der Waals surface area contributed by atoms with Crippen molar-refractivity contribution in [2.45, 2.75) is 33.2 Å². The van der Waals surface area contributed by atoms with Gasteiger partial charge in [0.2, 0.25) is 0 Å². The number of aromatic nitrogens is 3. The van der Waals surface area contributed by atoms with Gasteiger partial charge in [-0.05, 0) is 18.9 Å². The SMILES string of the molecule is CCCn1cc(N)cc1C(=O)Nc1cc(CC)[nH]n1. The van der Waals surface area contributed by atoms with E-state index >= 15 is 0 Å². The highest BCUT2D eigenvalue weighted by Gasteiger charge is 2.13. The van der Waals surface area contributed by atoms with Gasteiger partial charge in [-0.15, -0.1) is 0 Å². The Bertz CT molecular complexity index is 569. The van der Waals surface area contributed by atoms with Gasteiger partial charge in [-0.2, -0.15) is 5.10 Å². The fraction of sp³-hybridized carbons (Fsp3) is 0.385. The van der Waals surface area contributed by atoms with Gasteiger partial charge in [0.1, 0.15) is 5.69 Å². The summed E-state index contributed by atoms with van der Waals surface area (Å²) in [6.45, 7) is 4.84. The average Bonchev–Trinajstić information content (AvgIpc) is 2.96. The molecule has 2 aromatic rings. The second kappa shape index (κ2) is 5.60. The lowest BCUT2D eigenvalue weighted by Gasteiger charge is -2.06. The van der Waals surface area contributed by atoms with Crippen LogP contribution in [0.2, 0.25) is 0 Å². The van der Waals surface area contributed by atoms with Gasteiger partial charge in [0, 0.05) is 24.5 Å². The number of rotatable bonds is 5. The number of nitrogen functional groups attached to an aromatic ring is 1. The van der Waals surface area contributed by atoms with Crippen LogP contribution in [0.15, 0.2) is 18.3 Å². The maximum absolute atomic E-state index is 12.2. The van der Waals surface area contributed by atoms with E-state index in [0.29, 0.717) is 17.2 Å². The number of nitrogens with one attached hydrogen (secondary N) is 2. The first-order chi connectivity index (χ1) is 9.13. The molecule has 0 atom stereocenters. The highest BCUT2D eigenvalue weighted by atomic mass is 16.2. The molecule has 4 N–H and O–H groups in total. The molecule has 19 heavy (non-hydrogen) atoms. The quantitative estimate of drug-likeness (QED) is 0.769. The van der Waals surface area contributed by atoms with Crippen molar-refractivity contribution in [2.75, 3.05) is 11.1 Å². The maximum Gasteiger partial charge on any atom is 0.273 e. The van der Waals surface area contributed by atoms with Crippen molar-refractivity contribution in [2.24, 2.45) is 0 Å². The monoisotopic (exact) mass is 261 g/mol. The predicted octanol–water partition coefficient (Wildman–Crippen LogP) is 2.02. The van der Waals surface area contributed by atoms with E-state index in [1.165, 1.54) is 0 Å². The van der Waals surface area contributed by atoms with Crippen molar-refractivity contribution >= 4 is 17.4 Å². The Morgan fingerprint density at radius 3 is 2.89 bits per heavy atom. The average molecular weight is 261 g/mol. The minimum Gasteiger partial charge on any atom is -0.397 e. The molecule has 0 radical (unpaired) electrons. The topological polar surface area (TPSA) is 88.7 Å². The predicted molar refractivity (Wildman–Crippen MR) is 75.1 cm³/mol. The molecule has 0 aliphatic rings. The highest BCUT2D eigenvalue weighted by molar-refractivity contribution is 6.03. The lowest BCUT2D eigenvalue weighted by Crippen LogP contribution is -2.17. The molecule has 0 saturated carbocycles. The molecule has 0 unspecified atom stereocenters. The molecule has 2 heterocycles. The van der Waals surface area contributed by atoms with Gasteiger partial charge in [-0.3, -0.25) is 9.89 Å². The van der Waals surface area contributed by atoms with Gasteiger partial charge >= 0.3 is 0 Å². The summed E-state index contributed by atoms with van der Waals surface area (Å²) < 4.78 is 1.86. The Labute approximate surface area is 112 Å². The largest absolute Gasteiger partial charge is 0.397 e. The lowest BCUT2D eigenvalue weighted by molar-refractivity contribution is 0.101. The number of anilines is 2. The molecule has 102 valence electrons. The summed E-state index contributed by atoms with van der Waals surface area (Å²) in [5.41, 5.74) is 7.88. The van der Waals surface area contributed by atoms with Crippen LogP contribution in [0.25, 0.3) is 0 Å². The fourth-order valence-electron chi connectivity index (χ4n) is 1.94. The Kier molecular flexibility index (Phi) is 3.89. The van der Waals surface area contributed by atoms with E-state index in [-0.39, 0.29) is 5.91 Å². The van der Waals surface area contributed by atoms with E-state index in [2.05, 4.69) is 22.4 Å². The lowest BCUT2D eigenvalue weighted by atomic mass is 10.3. The number of H-pyrrole nitrogens is 1. The van der Waals surface area contributed by atoms with Gasteiger partial charge in [0.15, 0.2) is 5.82 Å². The number of aryl methyl sites for hydroxylation is 2. The zero-order valence-electron chi connectivity index (χ0n) is 11.2. The first-order valence-corrected chi connectivity index (χ1v) is 6.45. The third kappa shape index (κ3) is 2.96. The molecular formula is C13H19N5O. The van der Waals surface area contributed by atoms with Crippen LogP contribution in [-0.2, 0) is 13.0 Å².